The van der Waals surface area contributed by atoms with Gasteiger partial charge in [-0.3, -0.25) is 14.2 Å². The number of hydrogen-bond donors (Lipinski definition) is 1. The number of aromatic nitrogens is 1. The Kier molecular flexibility index (Phi) is 4.80. The molecule has 0 bridgehead atoms. The molecule has 1 N–H and O–H groups in total. The average Bonchev–Trinajstić information content (AvgIpc) is 2.95. The summed E-state index contributed by atoms with van der Waals surface area (Å²) in [5.41, 5.74) is 1.04. The predicted octanol–water partition coefficient (Wildman–Crippen LogP) is 3.70. The lowest BCUT2D eigenvalue weighted by Crippen LogP contribution is -2.23. The number of rotatable bonds is 3. The first-order chi connectivity index (χ1) is 14.0. The Morgan fingerprint density at radius 1 is 0.933 bits per heavy atom. The molecule has 0 saturated carbocycles. The van der Waals surface area contributed by atoms with Crippen LogP contribution in [0.3, 0.4) is 0 Å². The topological polar surface area (TPSA) is 88.8 Å². The summed E-state index contributed by atoms with van der Waals surface area (Å²) in [5, 5.41) is 12.5. The van der Waals surface area contributed by atoms with Crippen molar-refractivity contribution in [1.29, 1.82) is 0 Å². The van der Waals surface area contributed by atoms with Crippen LogP contribution in [0.4, 0.5) is 0 Å². The number of benzene rings is 3. The third-order valence-corrected chi connectivity index (χ3v) is 5.17. The van der Waals surface area contributed by atoms with E-state index in [1.807, 2.05) is 31.1 Å². The molecule has 5 rings (SSSR count). The molecule has 2 aromatic heterocycles. The van der Waals surface area contributed by atoms with Crippen molar-refractivity contribution in [2.75, 3.05) is 20.6 Å². The van der Waals surface area contributed by atoms with Gasteiger partial charge in [0.25, 0.3) is 5.56 Å². The molecule has 0 amide bonds. The van der Waals surface area contributed by atoms with Gasteiger partial charge in [-0.25, -0.2) is 0 Å². The van der Waals surface area contributed by atoms with E-state index >= 15 is 0 Å². The van der Waals surface area contributed by atoms with E-state index in [2.05, 4.69) is 0 Å². The lowest BCUT2D eigenvalue weighted by molar-refractivity contribution is 0.355. The number of para-hydroxylation sites is 2. The highest BCUT2D eigenvalue weighted by atomic mass is 35.5. The van der Waals surface area contributed by atoms with E-state index in [9.17, 15) is 14.7 Å². The SMILES string of the molecule is CN(C)CCn1c(O)c2c3cc(=O)ccc3c3oc4ccccc4oc3c2c1=O.Cl. The largest absolute Gasteiger partial charge is 0.494 e. The Balaban J connectivity index is 0.00000218. The molecule has 0 fully saturated rings. The van der Waals surface area contributed by atoms with Gasteiger partial charge < -0.3 is 18.8 Å². The Labute approximate surface area is 176 Å². The zero-order valence-corrected chi connectivity index (χ0v) is 17.2. The van der Waals surface area contributed by atoms with Gasteiger partial charge in [-0.2, -0.15) is 0 Å². The normalized spacial score (nSPS) is 11.7. The summed E-state index contributed by atoms with van der Waals surface area (Å²) in [4.78, 5) is 27.2. The van der Waals surface area contributed by atoms with Crippen molar-refractivity contribution in [3.63, 3.8) is 0 Å². The quantitative estimate of drug-likeness (QED) is 0.349. The molecule has 154 valence electrons. The second kappa shape index (κ2) is 7.19. The number of fused-ring (bicyclic) bond motifs is 7. The van der Waals surface area contributed by atoms with E-state index in [-0.39, 0.29) is 40.2 Å². The molecule has 8 heteroatoms. The van der Waals surface area contributed by atoms with Crippen molar-refractivity contribution in [2.24, 2.45) is 0 Å². The van der Waals surface area contributed by atoms with Gasteiger partial charge in [0.15, 0.2) is 27.8 Å². The van der Waals surface area contributed by atoms with Crippen molar-refractivity contribution >= 4 is 56.3 Å². The minimum Gasteiger partial charge on any atom is -0.494 e. The fourth-order valence-electron chi connectivity index (χ4n) is 3.76. The van der Waals surface area contributed by atoms with E-state index in [1.165, 1.54) is 16.7 Å². The van der Waals surface area contributed by atoms with Crippen molar-refractivity contribution in [3.8, 4) is 5.88 Å². The molecule has 2 heterocycles. The lowest BCUT2D eigenvalue weighted by Gasteiger charge is -2.10. The molecule has 0 saturated heterocycles. The summed E-state index contributed by atoms with van der Waals surface area (Å²) in [5.74, 6) is -0.173. The van der Waals surface area contributed by atoms with Gasteiger partial charge in [-0.15, -0.1) is 12.4 Å². The van der Waals surface area contributed by atoms with Gasteiger partial charge in [0.1, 0.15) is 0 Å². The fourth-order valence-corrected chi connectivity index (χ4v) is 3.76. The van der Waals surface area contributed by atoms with Crippen molar-refractivity contribution < 1.29 is 13.9 Å². The first-order valence-corrected chi connectivity index (χ1v) is 9.24. The van der Waals surface area contributed by atoms with Crippen LogP contribution in [0, 0.1) is 0 Å². The molecule has 0 aliphatic carbocycles. The molecule has 7 nitrogen and oxygen atoms in total. The van der Waals surface area contributed by atoms with Crippen LogP contribution in [0.1, 0.15) is 0 Å². The minimum atomic E-state index is -0.378. The van der Waals surface area contributed by atoms with Crippen LogP contribution in [0.25, 0.3) is 43.9 Å². The number of likely N-dealkylation sites (N-methyl/N-ethyl adjacent to an activating group) is 1. The second-order valence-corrected chi connectivity index (χ2v) is 7.35. The molecule has 0 aliphatic heterocycles. The lowest BCUT2D eigenvalue weighted by atomic mass is 10.0. The van der Waals surface area contributed by atoms with Crippen LogP contribution in [0.2, 0.25) is 0 Å². The maximum absolute atomic E-state index is 13.2. The highest BCUT2D eigenvalue weighted by Crippen LogP contribution is 2.39. The first kappa shape index (κ1) is 20.0. The Morgan fingerprint density at radius 2 is 1.60 bits per heavy atom. The van der Waals surface area contributed by atoms with Crippen LogP contribution in [0.5, 0.6) is 5.88 Å². The minimum absolute atomic E-state index is 0. The molecular weight excluding hydrogens is 408 g/mol. The van der Waals surface area contributed by atoms with Gasteiger partial charge in [-0.1, -0.05) is 12.1 Å². The Morgan fingerprint density at radius 3 is 2.27 bits per heavy atom. The number of nitrogens with zero attached hydrogens (tertiary/aromatic N) is 2. The number of halogens is 1. The highest BCUT2D eigenvalue weighted by Gasteiger charge is 2.24. The highest BCUT2D eigenvalue weighted by molar-refractivity contribution is 6.23. The summed E-state index contributed by atoms with van der Waals surface area (Å²) in [7, 11) is 3.78. The number of aromatic hydroxyl groups is 1. The maximum atomic E-state index is 13.2. The summed E-state index contributed by atoms with van der Waals surface area (Å²) in [6.45, 7) is 0.869. The monoisotopic (exact) mass is 426 g/mol. The maximum Gasteiger partial charge on any atom is 0.265 e. The number of hydrogen-bond acceptors (Lipinski definition) is 6. The molecule has 3 aromatic carbocycles. The van der Waals surface area contributed by atoms with Gasteiger partial charge in [-0.05, 0) is 44.4 Å². The first-order valence-electron chi connectivity index (χ1n) is 9.24. The summed E-state index contributed by atoms with van der Waals surface area (Å²) in [6, 6.07) is 11.6. The Bertz CT molecular complexity index is 1540. The van der Waals surface area contributed by atoms with Crippen LogP contribution in [-0.4, -0.2) is 35.2 Å². The fraction of sp³-hybridized carbons (Fsp3) is 0.182. The van der Waals surface area contributed by atoms with Crippen molar-refractivity contribution in [2.45, 2.75) is 6.54 Å². The van der Waals surface area contributed by atoms with Crippen LogP contribution in [-0.2, 0) is 6.54 Å². The van der Waals surface area contributed by atoms with Crippen LogP contribution < -0.4 is 11.0 Å². The molecule has 0 atom stereocenters. The average molecular weight is 427 g/mol. The molecule has 0 aliphatic rings. The van der Waals surface area contributed by atoms with Gasteiger partial charge in [0.05, 0.1) is 10.8 Å². The van der Waals surface area contributed by atoms with Gasteiger partial charge in [0, 0.05) is 23.9 Å². The van der Waals surface area contributed by atoms with E-state index in [0.29, 0.717) is 46.0 Å². The van der Waals surface area contributed by atoms with Gasteiger partial charge >= 0.3 is 0 Å². The third kappa shape index (κ3) is 2.86. The third-order valence-electron chi connectivity index (χ3n) is 5.17. The molecule has 30 heavy (non-hydrogen) atoms. The second-order valence-electron chi connectivity index (χ2n) is 7.35. The van der Waals surface area contributed by atoms with Crippen molar-refractivity contribution in [3.05, 3.63) is 63.0 Å². The zero-order chi connectivity index (χ0) is 20.3. The van der Waals surface area contributed by atoms with Gasteiger partial charge in [0.2, 0.25) is 5.88 Å². The van der Waals surface area contributed by atoms with Crippen LogP contribution in [0.15, 0.2) is 60.9 Å². The summed E-state index contributed by atoms with van der Waals surface area (Å²) < 4.78 is 13.5. The molecule has 0 radical (unpaired) electrons. The Hall–Kier alpha value is -3.29. The molecule has 0 unspecified atom stereocenters. The van der Waals surface area contributed by atoms with Crippen molar-refractivity contribution in [1.82, 2.24) is 9.47 Å². The predicted molar refractivity (Wildman–Crippen MR) is 119 cm³/mol. The van der Waals surface area contributed by atoms with E-state index in [0.717, 1.165) is 0 Å². The molecule has 5 aromatic rings. The molecule has 0 spiro atoms. The summed E-state index contributed by atoms with van der Waals surface area (Å²) >= 11 is 0. The summed E-state index contributed by atoms with van der Waals surface area (Å²) in [6.07, 6.45) is 0. The van der Waals surface area contributed by atoms with E-state index < -0.39 is 0 Å². The standard InChI is InChI=1S/C22H18N2O5.ClH/c1-23(2)9-10-24-21(26)17-14-11-12(25)7-8-13(14)19-20(18(17)22(24)27)29-16-6-4-3-5-15(16)28-19;/h3-8,11,26H,9-10H2,1-2H3;1H. The van der Waals surface area contributed by atoms with E-state index in [4.69, 9.17) is 8.83 Å². The zero-order valence-electron chi connectivity index (χ0n) is 16.3. The smallest absolute Gasteiger partial charge is 0.265 e. The van der Waals surface area contributed by atoms with Crippen LogP contribution >= 0.6 is 12.4 Å². The van der Waals surface area contributed by atoms with E-state index in [1.54, 1.807) is 18.2 Å². The molecular formula is C22H19ClN2O5.